The SMILES string of the molecule is C1=CC2NC3=C(NC2C=C1)c1cc2c(c4cccc3c14)c1ccccc1n2-c1nc(-c2ccccc2)c2sc3ccccc3c2n1. The van der Waals surface area contributed by atoms with Gasteiger partial charge in [-0.1, -0.05) is 109 Å². The number of para-hydroxylation sites is 1. The Kier molecular flexibility index (Phi) is 4.77. The van der Waals surface area contributed by atoms with Crippen molar-refractivity contribution < 1.29 is 0 Å². The average Bonchev–Trinajstić information content (AvgIpc) is 3.76. The van der Waals surface area contributed by atoms with Gasteiger partial charge in [-0.25, -0.2) is 9.97 Å². The van der Waals surface area contributed by atoms with Gasteiger partial charge in [0.05, 0.1) is 50.4 Å². The van der Waals surface area contributed by atoms with Crippen LogP contribution in [0.3, 0.4) is 0 Å². The van der Waals surface area contributed by atoms with Crippen LogP contribution in [0.25, 0.3) is 81.5 Å². The maximum absolute atomic E-state index is 5.40. The molecule has 0 fully saturated rings. The van der Waals surface area contributed by atoms with Crippen molar-refractivity contribution in [1.29, 1.82) is 0 Å². The first kappa shape index (κ1) is 24.6. The van der Waals surface area contributed by atoms with Crippen LogP contribution in [0.1, 0.15) is 11.1 Å². The van der Waals surface area contributed by atoms with Crippen molar-refractivity contribution in [2.45, 2.75) is 12.1 Å². The molecule has 2 atom stereocenters. The molecule has 0 saturated heterocycles. The second-order valence-corrected chi connectivity index (χ2v) is 13.3. The van der Waals surface area contributed by atoms with Crippen LogP contribution in [0.2, 0.25) is 0 Å². The molecule has 216 valence electrons. The fourth-order valence-electron chi connectivity index (χ4n) is 7.82. The van der Waals surface area contributed by atoms with Gasteiger partial charge in [0, 0.05) is 42.9 Å². The van der Waals surface area contributed by atoms with Gasteiger partial charge in [0.25, 0.3) is 0 Å². The van der Waals surface area contributed by atoms with Crippen LogP contribution in [0.5, 0.6) is 0 Å². The predicted molar refractivity (Wildman–Crippen MR) is 191 cm³/mol. The maximum Gasteiger partial charge on any atom is 0.235 e. The lowest BCUT2D eigenvalue weighted by Gasteiger charge is -2.34. The van der Waals surface area contributed by atoms with Crippen molar-refractivity contribution >= 4 is 75.6 Å². The number of benzene rings is 5. The van der Waals surface area contributed by atoms with Crippen molar-refractivity contribution in [1.82, 2.24) is 25.2 Å². The van der Waals surface area contributed by atoms with Crippen LogP contribution in [0, 0.1) is 0 Å². The molecule has 5 nitrogen and oxygen atoms in total. The van der Waals surface area contributed by atoms with Crippen LogP contribution in [-0.4, -0.2) is 26.6 Å². The summed E-state index contributed by atoms with van der Waals surface area (Å²) < 4.78 is 4.62. The molecule has 8 aromatic rings. The summed E-state index contributed by atoms with van der Waals surface area (Å²) in [7, 11) is 0. The molecular weight excluding hydrogens is 583 g/mol. The molecule has 2 N–H and O–H groups in total. The van der Waals surface area contributed by atoms with E-state index in [2.05, 4.69) is 143 Å². The number of allylic oxidation sites excluding steroid dienone is 2. The van der Waals surface area contributed by atoms with Crippen molar-refractivity contribution in [3.05, 3.63) is 139 Å². The highest BCUT2D eigenvalue weighted by Crippen LogP contribution is 2.48. The monoisotopic (exact) mass is 607 g/mol. The number of hydrogen-bond donors (Lipinski definition) is 2. The Morgan fingerprint density at radius 3 is 2.17 bits per heavy atom. The molecule has 0 spiro atoms. The van der Waals surface area contributed by atoms with Crippen molar-refractivity contribution in [2.75, 3.05) is 0 Å². The Bertz CT molecular complexity index is 2710. The van der Waals surface area contributed by atoms with Crippen LogP contribution in [0.15, 0.2) is 127 Å². The number of nitrogens with zero attached hydrogens (tertiary/aromatic N) is 3. The van der Waals surface area contributed by atoms with Gasteiger partial charge in [-0.05, 0) is 23.6 Å². The molecule has 2 unspecified atom stereocenters. The molecule has 0 bridgehead atoms. The Labute approximate surface area is 267 Å². The van der Waals surface area contributed by atoms with E-state index < -0.39 is 0 Å². The molecule has 0 saturated carbocycles. The Morgan fingerprint density at radius 2 is 1.33 bits per heavy atom. The number of nitrogens with one attached hydrogen (secondary N) is 2. The molecule has 6 heteroatoms. The van der Waals surface area contributed by atoms with E-state index in [1.807, 2.05) is 0 Å². The number of hydrogen-bond acceptors (Lipinski definition) is 5. The summed E-state index contributed by atoms with van der Waals surface area (Å²) in [6.07, 6.45) is 8.75. The first-order valence-corrected chi connectivity index (χ1v) is 16.5. The number of fused-ring (bicyclic) bond motifs is 10. The third-order valence-electron chi connectivity index (χ3n) is 9.80. The second-order valence-electron chi connectivity index (χ2n) is 12.3. The van der Waals surface area contributed by atoms with Gasteiger partial charge in [0.15, 0.2) is 0 Å². The van der Waals surface area contributed by atoms with E-state index in [1.54, 1.807) is 11.3 Å². The highest BCUT2D eigenvalue weighted by molar-refractivity contribution is 7.26. The van der Waals surface area contributed by atoms with E-state index >= 15 is 0 Å². The van der Waals surface area contributed by atoms with Crippen molar-refractivity contribution in [2.24, 2.45) is 0 Å². The van der Waals surface area contributed by atoms with Gasteiger partial charge in [-0.3, -0.25) is 4.57 Å². The van der Waals surface area contributed by atoms with Crippen LogP contribution >= 0.6 is 11.3 Å². The highest BCUT2D eigenvalue weighted by atomic mass is 32.1. The quantitative estimate of drug-likeness (QED) is 0.206. The molecule has 2 aliphatic carbocycles. The highest BCUT2D eigenvalue weighted by Gasteiger charge is 2.35. The second kappa shape index (κ2) is 8.93. The van der Waals surface area contributed by atoms with E-state index in [0.29, 0.717) is 5.95 Å². The number of aromatic nitrogens is 3. The minimum absolute atomic E-state index is 0.195. The summed E-state index contributed by atoms with van der Waals surface area (Å²) in [5.41, 5.74) is 10.1. The molecule has 4 heterocycles. The van der Waals surface area contributed by atoms with Gasteiger partial charge in [-0.15, -0.1) is 11.3 Å². The zero-order valence-corrected chi connectivity index (χ0v) is 25.3. The maximum atomic E-state index is 5.40. The minimum atomic E-state index is 0.195. The molecule has 46 heavy (non-hydrogen) atoms. The van der Waals surface area contributed by atoms with E-state index in [-0.39, 0.29) is 12.1 Å². The smallest absolute Gasteiger partial charge is 0.235 e. The summed E-state index contributed by atoms with van der Waals surface area (Å²) in [5, 5.41) is 13.9. The van der Waals surface area contributed by atoms with E-state index in [4.69, 9.17) is 9.97 Å². The molecule has 0 amide bonds. The Hall–Kier alpha value is -5.72. The number of thiophene rings is 1. The predicted octanol–water partition coefficient (Wildman–Crippen LogP) is 8.96. The zero-order chi connectivity index (χ0) is 29.9. The zero-order valence-electron chi connectivity index (χ0n) is 24.5. The standard InChI is InChI=1S/C40H25N5S/c1-2-11-22(12-3-1)35-39-38(24-14-5-9-20-32(24)46-39)44-40(43-35)45-30-19-8-4-13-23(30)34-25-15-10-16-26-33(25)27(21-31(34)45)37-36(26)41-28-17-6-7-18-29(28)42-37/h1-21,28-29,41-42H. The first-order chi connectivity index (χ1) is 22.8. The fraction of sp³-hybridized carbons (Fsp3) is 0.0500. The largest absolute Gasteiger partial charge is 0.374 e. The van der Waals surface area contributed by atoms with E-state index in [0.717, 1.165) is 43.6 Å². The molecule has 3 aromatic heterocycles. The summed E-state index contributed by atoms with van der Waals surface area (Å²) in [6.45, 7) is 0. The third-order valence-corrected chi connectivity index (χ3v) is 11.0. The summed E-state index contributed by atoms with van der Waals surface area (Å²) in [6, 6.07) is 37.3. The lowest BCUT2D eigenvalue weighted by molar-refractivity contribution is 0.557. The topological polar surface area (TPSA) is 54.8 Å². The van der Waals surface area contributed by atoms with E-state index in [9.17, 15) is 0 Å². The van der Waals surface area contributed by atoms with Crippen molar-refractivity contribution in [3.63, 3.8) is 0 Å². The van der Waals surface area contributed by atoms with Crippen LogP contribution in [-0.2, 0) is 0 Å². The average molecular weight is 608 g/mol. The van der Waals surface area contributed by atoms with Gasteiger partial charge in [0.2, 0.25) is 5.95 Å². The van der Waals surface area contributed by atoms with Gasteiger partial charge in [0.1, 0.15) is 0 Å². The summed E-state index contributed by atoms with van der Waals surface area (Å²) in [4.78, 5) is 10.8. The third kappa shape index (κ3) is 3.18. The lowest BCUT2D eigenvalue weighted by Crippen LogP contribution is -2.49. The van der Waals surface area contributed by atoms with Gasteiger partial charge < -0.3 is 10.6 Å². The fourth-order valence-corrected chi connectivity index (χ4v) is 8.97. The molecule has 0 radical (unpaired) electrons. The molecule has 1 aliphatic heterocycles. The van der Waals surface area contributed by atoms with Crippen molar-refractivity contribution in [3.8, 4) is 17.2 Å². The van der Waals surface area contributed by atoms with E-state index in [1.165, 1.54) is 43.1 Å². The van der Waals surface area contributed by atoms with Gasteiger partial charge in [-0.2, -0.15) is 0 Å². The molecule has 3 aliphatic rings. The number of rotatable bonds is 2. The molecular formula is C40H25N5S. The summed E-state index contributed by atoms with van der Waals surface area (Å²) >= 11 is 1.77. The van der Waals surface area contributed by atoms with Crippen LogP contribution < -0.4 is 10.6 Å². The molecule has 11 rings (SSSR count). The Balaban J connectivity index is 1.26. The van der Waals surface area contributed by atoms with Crippen LogP contribution in [0.4, 0.5) is 0 Å². The molecule has 5 aromatic carbocycles. The Morgan fingerprint density at radius 1 is 0.609 bits per heavy atom. The lowest BCUT2D eigenvalue weighted by atomic mass is 9.98. The van der Waals surface area contributed by atoms with Gasteiger partial charge >= 0.3 is 0 Å². The normalized spacial score (nSPS) is 18.1. The summed E-state index contributed by atoms with van der Waals surface area (Å²) in [5.74, 6) is 0.686. The minimum Gasteiger partial charge on any atom is -0.374 e. The first-order valence-electron chi connectivity index (χ1n) is 15.7.